The molecule has 0 saturated heterocycles. The van der Waals surface area contributed by atoms with Crippen molar-refractivity contribution in [1.29, 1.82) is 0 Å². The minimum atomic E-state index is -0.399. The van der Waals surface area contributed by atoms with E-state index in [1.165, 1.54) is 0 Å². The Kier molecular flexibility index (Phi) is 5.77. The predicted molar refractivity (Wildman–Crippen MR) is 104 cm³/mol. The predicted octanol–water partition coefficient (Wildman–Crippen LogP) is 4.86. The third-order valence-corrected chi connectivity index (χ3v) is 4.86. The quantitative estimate of drug-likeness (QED) is 0.720. The number of nitrogens with zero attached hydrogens (tertiary/aromatic N) is 1. The molecule has 1 N–H and O–H groups in total. The van der Waals surface area contributed by atoms with Gasteiger partial charge in [0, 0.05) is 16.6 Å². The van der Waals surface area contributed by atoms with Crippen LogP contribution < -0.4 is 5.32 Å². The van der Waals surface area contributed by atoms with Crippen molar-refractivity contribution in [2.24, 2.45) is 4.99 Å². The Labute approximate surface area is 158 Å². The summed E-state index contributed by atoms with van der Waals surface area (Å²) in [6.45, 7) is 2.79. The lowest BCUT2D eigenvalue weighted by atomic mass is 9.78. The molecule has 0 spiro atoms. The van der Waals surface area contributed by atoms with E-state index in [1.54, 1.807) is 0 Å². The number of nitrogens with one attached hydrogen (secondary N) is 1. The highest BCUT2D eigenvalue weighted by atomic mass is 35.5. The van der Waals surface area contributed by atoms with E-state index in [2.05, 4.69) is 17.2 Å². The van der Waals surface area contributed by atoms with E-state index in [1.807, 2.05) is 48.5 Å². The number of halogens is 2. The number of rotatable bonds is 6. The summed E-state index contributed by atoms with van der Waals surface area (Å²) in [6, 6.07) is 14.8. The van der Waals surface area contributed by atoms with Gasteiger partial charge in [-0.05, 0) is 41.8 Å². The average Bonchev–Trinajstić information content (AvgIpc) is 2.58. The summed E-state index contributed by atoms with van der Waals surface area (Å²) in [4.78, 5) is 17.1. The first-order valence-electron chi connectivity index (χ1n) is 8.47. The van der Waals surface area contributed by atoms with Crippen LogP contribution in [0.1, 0.15) is 36.8 Å². The first-order chi connectivity index (χ1) is 12.1. The highest BCUT2D eigenvalue weighted by Crippen LogP contribution is 2.36. The molecule has 2 aromatic rings. The Morgan fingerprint density at radius 2 is 1.64 bits per heavy atom. The Morgan fingerprint density at radius 3 is 2.24 bits per heavy atom. The normalized spacial score (nSPS) is 19.1. The zero-order valence-electron chi connectivity index (χ0n) is 14.0. The standard InChI is InChI=1S/C20H20Cl2N2O/c1-2-3-12-23-20(25)19-17(13-4-8-15(21)9-5-13)18(24-19)14-6-10-16(22)11-7-14/h4-11,17,19H,2-3,12H2,1H3,(H,23,25). The molecule has 2 aromatic carbocycles. The Hall–Kier alpha value is -1.84. The zero-order valence-corrected chi connectivity index (χ0v) is 15.5. The average molecular weight is 375 g/mol. The highest BCUT2D eigenvalue weighted by Gasteiger charge is 2.41. The molecule has 0 bridgehead atoms. The summed E-state index contributed by atoms with van der Waals surface area (Å²) in [7, 11) is 0. The molecule has 2 unspecified atom stereocenters. The van der Waals surface area contributed by atoms with Crippen molar-refractivity contribution in [3.8, 4) is 0 Å². The molecule has 1 amide bonds. The van der Waals surface area contributed by atoms with Gasteiger partial charge in [-0.15, -0.1) is 0 Å². The first kappa shape index (κ1) is 18.0. The van der Waals surface area contributed by atoms with Gasteiger partial charge in [0.25, 0.3) is 0 Å². The molecule has 0 saturated carbocycles. The highest BCUT2D eigenvalue weighted by molar-refractivity contribution is 6.31. The molecule has 2 atom stereocenters. The number of aliphatic imine (C=N–C) groups is 1. The van der Waals surface area contributed by atoms with Gasteiger partial charge < -0.3 is 5.32 Å². The van der Waals surface area contributed by atoms with Gasteiger partial charge in [-0.3, -0.25) is 9.79 Å². The Balaban J connectivity index is 1.87. The smallest absolute Gasteiger partial charge is 0.245 e. The van der Waals surface area contributed by atoms with E-state index in [4.69, 9.17) is 23.2 Å². The number of unbranched alkanes of at least 4 members (excludes halogenated alkanes) is 1. The third-order valence-electron chi connectivity index (χ3n) is 4.36. The number of hydrogen-bond acceptors (Lipinski definition) is 2. The van der Waals surface area contributed by atoms with E-state index < -0.39 is 6.04 Å². The van der Waals surface area contributed by atoms with Crippen molar-refractivity contribution in [1.82, 2.24) is 5.32 Å². The van der Waals surface area contributed by atoms with Gasteiger partial charge in [0.05, 0.1) is 11.6 Å². The van der Waals surface area contributed by atoms with E-state index in [-0.39, 0.29) is 11.8 Å². The van der Waals surface area contributed by atoms with Crippen molar-refractivity contribution in [3.63, 3.8) is 0 Å². The van der Waals surface area contributed by atoms with Crippen LogP contribution in [-0.2, 0) is 4.79 Å². The topological polar surface area (TPSA) is 41.5 Å². The number of carbonyl (C=O) groups is 1. The van der Waals surface area contributed by atoms with Gasteiger partial charge in [0.1, 0.15) is 6.04 Å². The molecule has 1 aliphatic rings. The molecular formula is C20H20Cl2N2O. The molecule has 3 nitrogen and oxygen atoms in total. The SMILES string of the molecule is CCCCNC(=O)C1N=C(c2ccc(Cl)cc2)C1c1ccc(Cl)cc1. The molecule has 0 aromatic heterocycles. The van der Waals surface area contributed by atoms with Crippen LogP contribution in [0.5, 0.6) is 0 Å². The summed E-state index contributed by atoms with van der Waals surface area (Å²) in [5.41, 5.74) is 2.94. The monoisotopic (exact) mass is 374 g/mol. The molecule has 5 heteroatoms. The van der Waals surface area contributed by atoms with Crippen molar-refractivity contribution in [2.75, 3.05) is 6.54 Å². The molecule has 1 heterocycles. The second-order valence-corrected chi connectivity index (χ2v) is 7.01. The van der Waals surface area contributed by atoms with Crippen LogP contribution in [-0.4, -0.2) is 24.2 Å². The fourth-order valence-electron chi connectivity index (χ4n) is 2.96. The van der Waals surface area contributed by atoms with Crippen molar-refractivity contribution < 1.29 is 4.79 Å². The molecule has 0 fully saturated rings. The maximum absolute atomic E-state index is 12.5. The van der Waals surface area contributed by atoms with Gasteiger partial charge >= 0.3 is 0 Å². The summed E-state index contributed by atoms with van der Waals surface area (Å²) in [5.74, 6) is -0.0915. The fourth-order valence-corrected chi connectivity index (χ4v) is 3.21. The van der Waals surface area contributed by atoms with Crippen molar-refractivity contribution in [3.05, 3.63) is 69.7 Å². The van der Waals surface area contributed by atoms with Crippen molar-refractivity contribution >= 4 is 34.8 Å². The summed E-state index contributed by atoms with van der Waals surface area (Å²) in [6.07, 6.45) is 2.02. The molecule has 130 valence electrons. The van der Waals surface area contributed by atoms with Crippen LogP contribution >= 0.6 is 23.2 Å². The Bertz CT molecular complexity index is 769. The maximum Gasteiger partial charge on any atom is 0.245 e. The van der Waals surface area contributed by atoms with Crippen LogP contribution in [0.4, 0.5) is 0 Å². The molecule has 0 aliphatic carbocycles. The van der Waals surface area contributed by atoms with E-state index in [0.29, 0.717) is 16.6 Å². The molecule has 3 rings (SSSR count). The first-order valence-corrected chi connectivity index (χ1v) is 9.22. The minimum absolute atomic E-state index is 0.0221. The minimum Gasteiger partial charge on any atom is -0.354 e. The number of benzene rings is 2. The number of amides is 1. The lowest BCUT2D eigenvalue weighted by Gasteiger charge is -2.34. The largest absolute Gasteiger partial charge is 0.354 e. The van der Waals surface area contributed by atoms with Crippen LogP contribution in [0, 0.1) is 0 Å². The summed E-state index contributed by atoms with van der Waals surface area (Å²) < 4.78 is 0. The molecule has 0 radical (unpaired) electrons. The maximum atomic E-state index is 12.5. The summed E-state index contributed by atoms with van der Waals surface area (Å²) >= 11 is 12.0. The molecule has 25 heavy (non-hydrogen) atoms. The summed E-state index contributed by atoms with van der Waals surface area (Å²) in [5, 5.41) is 4.34. The molecular weight excluding hydrogens is 355 g/mol. The Morgan fingerprint density at radius 1 is 1.04 bits per heavy atom. The van der Waals surface area contributed by atoms with Crippen LogP contribution in [0.3, 0.4) is 0 Å². The lowest BCUT2D eigenvalue weighted by Crippen LogP contribution is -2.47. The van der Waals surface area contributed by atoms with Gasteiger partial charge in [-0.25, -0.2) is 0 Å². The zero-order chi connectivity index (χ0) is 17.8. The number of carbonyl (C=O) groups excluding carboxylic acids is 1. The van der Waals surface area contributed by atoms with Crippen LogP contribution in [0.2, 0.25) is 10.0 Å². The molecule has 1 aliphatic heterocycles. The number of hydrogen-bond donors (Lipinski definition) is 1. The van der Waals surface area contributed by atoms with Crippen LogP contribution in [0.15, 0.2) is 53.5 Å². The van der Waals surface area contributed by atoms with E-state index >= 15 is 0 Å². The van der Waals surface area contributed by atoms with Crippen LogP contribution in [0.25, 0.3) is 0 Å². The second-order valence-electron chi connectivity index (χ2n) is 6.14. The second kappa shape index (κ2) is 8.03. The third kappa shape index (κ3) is 4.05. The van der Waals surface area contributed by atoms with E-state index in [0.717, 1.165) is 29.7 Å². The van der Waals surface area contributed by atoms with Gasteiger partial charge in [-0.2, -0.15) is 0 Å². The van der Waals surface area contributed by atoms with Gasteiger partial charge in [-0.1, -0.05) is 60.8 Å². The van der Waals surface area contributed by atoms with E-state index in [9.17, 15) is 4.79 Å². The fraction of sp³-hybridized carbons (Fsp3) is 0.300. The van der Waals surface area contributed by atoms with Gasteiger partial charge in [0.2, 0.25) is 5.91 Å². The van der Waals surface area contributed by atoms with Crippen molar-refractivity contribution in [2.45, 2.75) is 31.7 Å². The lowest BCUT2D eigenvalue weighted by molar-refractivity contribution is -0.122. The van der Waals surface area contributed by atoms with Gasteiger partial charge in [0.15, 0.2) is 0 Å².